The van der Waals surface area contributed by atoms with Gasteiger partial charge in [-0.15, -0.1) is 0 Å². The molecule has 0 atom stereocenters. The van der Waals surface area contributed by atoms with Crippen LogP contribution in [0.3, 0.4) is 0 Å². The first kappa shape index (κ1) is 20.6. The highest BCUT2D eigenvalue weighted by molar-refractivity contribution is 7.89. The molecule has 0 fully saturated rings. The van der Waals surface area contributed by atoms with Crippen molar-refractivity contribution in [3.8, 4) is 0 Å². The van der Waals surface area contributed by atoms with Gasteiger partial charge in [0, 0.05) is 13.0 Å². The zero-order chi connectivity index (χ0) is 19.9. The second kappa shape index (κ2) is 9.29. The number of rotatable bonds is 9. The average Bonchev–Trinajstić information content (AvgIpc) is 2.67. The van der Waals surface area contributed by atoms with Crippen LogP contribution >= 0.6 is 0 Å². The van der Waals surface area contributed by atoms with Gasteiger partial charge in [0.1, 0.15) is 0 Å². The van der Waals surface area contributed by atoms with Gasteiger partial charge in [-0.25, -0.2) is 17.9 Å². The number of hydrogen-bond acceptors (Lipinski definition) is 4. The summed E-state index contributed by atoms with van der Waals surface area (Å²) >= 11 is 0. The predicted octanol–water partition coefficient (Wildman–Crippen LogP) is 1.58. The van der Waals surface area contributed by atoms with Crippen molar-refractivity contribution >= 4 is 21.9 Å². The van der Waals surface area contributed by atoms with Crippen LogP contribution in [0.2, 0.25) is 0 Å². The fourth-order valence-electron chi connectivity index (χ4n) is 2.46. The molecule has 2 rings (SSSR count). The van der Waals surface area contributed by atoms with Crippen LogP contribution in [0.5, 0.6) is 0 Å². The third-order valence-corrected chi connectivity index (χ3v) is 5.51. The van der Waals surface area contributed by atoms with Gasteiger partial charge in [0.15, 0.2) is 0 Å². The Morgan fingerprint density at radius 3 is 2.04 bits per heavy atom. The first-order valence-corrected chi connectivity index (χ1v) is 9.91. The van der Waals surface area contributed by atoms with Gasteiger partial charge in [-0.1, -0.05) is 24.3 Å². The Hall–Kier alpha value is -2.71. The third kappa shape index (κ3) is 6.19. The van der Waals surface area contributed by atoms with E-state index in [1.54, 1.807) is 24.3 Å². The van der Waals surface area contributed by atoms with Gasteiger partial charge in [0.2, 0.25) is 15.9 Å². The lowest BCUT2D eigenvalue weighted by atomic mass is 10.1. The SMILES string of the molecule is CNS(=O)(=O)c1ccc(CCC(=O)NCCc2ccc(C(=O)O)cc2)cc1. The second-order valence-corrected chi connectivity index (χ2v) is 7.84. The number of carbonyl (C=O) groups excluding carboxylic acids is 1. The molecule has 8 heteroatoms. The fraction of sp³-hybridized carbons (Fsp3) is 0.263. The Labute approximate surface area is 158 Å². The molecule has 7 nitrogen and oxygen atoms in total. The van der Waals surface area contributed by atoms with Gasteiger partial charge in [-0.2, -0.15) is 0 Å². The standard InChI is InChI=1S/C19H22N2O5S/c1-20-27(25,26)17-9-4-14(5-10-17)6-11-18(22)21-13-12-15-2-7-16(8-3-15)19(23)24/h2-5,7-10,20H,6,11-13H2,1H3,(H,21,22)(H,23,24). The molecule has 0 spiro atoms. The minimum Gasteiger partial charge on any atom is -0.478 e. The smallest absolute Gasteiger partial charge is 0.335 e. The van der Waals surface area contributed by atoms with E-state index in [1.165, 1.54) is 31.3 Å². The molecule has 0 saturated carbocycles. The highest BCUT2D eigenvalue weighted by Crippen LogP contribution is 2.11. The number of hydrogen-bond donors (Lipinski definition) is 3. The molecule has 27 heavy (non-hydrogen) atoms. The largest absolute Gasteiger partial charge is 0.478 e. The van der Waals surface area contributed by atoms with E-state index in [1.807, 2.05) is 0 Å². The summed E-state index contributed by atoms with van der Waals surface area (Å²) in [6.07, 6.45) is 1.43. The minimum absolute atomic E-state index is 0.0934. The first-order valence-electron chi connectivity index (χ1n) is 8.43. The molecule has 0 bridgehead atoms. The number of carbonyl (C=O) groups is 2. The molecule has 3 N–H and O–H groups in total. The van der Waals surface area contributed by atoms with Crippen LogP contribution in [0.25, 0.3) is 0 Å². The van der Waals surface area contributed by atoms with Crippen molar-refractivity contribution in [3.05, 3.63) is 65.2 Å². The predicted molar refractivity (Wildman–Crippen MR) is 101 cm³/mol. The van der Waals surface area contributed by atoms with Gasteiger partial charge in [-0.05, 0) is 55.3 Å². The summed E-state index contributed by atoms with van der Waals surface area (Å²) in [4.78, 5) is 22.9. The van der Waals surface area contributed by atoms with E-state index in [0.29, 0.717) is 25.8 Å². The molecule has 0 aliphatic heterocycles. The van der Waals surface area contributed by atoms with Crippen molar-refractivity contribution in [2.45, 2.75) is 24.2 Å². The minimum atomic E-state index is -3.45. The number of sulfonamides is 1. The van der Waals surface area contributed by atoms with E-state index in [9.17, 15) is 18.0 Å². The van der Waals surface area contributed by atoms with Gasteiger partial charge < -0.3 is 10.4 Å². The van der Waals surface area contributed by atoms with E-state index in [2.05, 4.69) is 10.0 Å². The summed E-state index contributed by atoms with van der Waals surface area (Å²) in [6.45, 7) is 0.463. The summed E-state index contributed by atoms with van der Waals surface area (Å²) in [6, 6.07) is 13.0. The Bertz CT molecular complexity index is 891. The van der Waals surface area contributed by atoms with Crippen LogP contribution in [0.15, 0.2) is 53.4 Å². The highest BCUT2D eigenvalue weighted by atomic mass is 32.2. The molecule has 0 saturated heterocycles. The molecular formula is C19H22N2O5S. The zero-order valence-corrected chi connectivity index (χ0v) is 15.8. The molecule has 144 valence electrons. The van der Waals surface area contributed by atoms with Gasteiger partial charge >= 0.3 is 5.97 Å². The zero-order valence-electron chi connectivity index (χ0n) is 14.9. The number of benzene rings is 2. The summed E-state index contributed by atoms with van der Waals surface area (Å²) in [7, 11) is -2.10. The molecule has 2 aromatic rings. The quantitative estimate of drug-likeness (QED) is 0.602. The second-order valence-electron chi connectivity index (χ2n) is 5.95. The van der Waals surface area contributed by atoms with E-state index in [4.69, 9.17) is 5.11 Å². The normalized spacial score (nSPS) is 11.1. The van der Waals surface area contributed by atoms with Crippen molar-refractivity contribution in [2.75, 3.05) is 13.6 Å². The highest BCUT2D eigenvalue weighted by Gasteiger charge is 2.10. The summed E-state index contributed by atoms with van der Waals surface area (Å²) in [5, 5.41) is 11.7. The van der Waals surface area contributed by atoms with Crippen LogP contribution in [-0.2, 0) is 27.7 Å². The van der Waals surface area contributed by atoms with Crippen molar-refractivity contribution in [2.24, 2.45) is 0 Å². The Balaban J connectivity index is 1.75. The number of nitrogens with one attached hydrogen (secondary N) is 2. The lowest BCUT2D eigenvalue weighted by Gasteiger charge is -2.07. The average molecular weight is 390 g/mol. The number of carboxylic acids is 1. The molecule has 0 heterocycles. The van der Waals surface area contributed by atoms with Gasteiger partial charge in [-0.3, -0.25) is 4.79 Å². The Kier molecular flexibility index (Phi) is 7.09. The van der Waals surface area contributed by atoms with Crippen LogP contribution in [0, 0.1) is 0 Å². The Morgan fingerprint density at radius 2 is 1.48 bits per heavy atom. The van der Waals surface area contributed by atoms with Crippen LogP contribution < -0.4 is 10.0 Å². The molecular weight excluding hydrogens is 368 g/mol. The summed E-state index contributed by atoms with van der Waals surface area (Å²) in [5.41, 5.74) is 2.06. The van der Waals surface area contributed by atoms with E-state index in [-0.39, 0.29) is 16.4 Å². The fourth-order valence-corrected chi connectivity index (χ4v) is 3.19. The van der Waals surface area contributed by atoms with E-state index in [0.717, 1.165) is 11.1 Å². The van der Waals surface area contributed by atoms with Gasteiger partial charge in [0.25, 0.3) is 0 Å². The topological polar surface area (TPSA) is 113 Å². The van der Waals surface area contributed by atoms with E-state index >= 15 is 0 Å². The van der Waals surface area contributed by atoms with Crippen molar-refractivity contribution in [1.29, 1.82) is 0 Å². The number of aromatic carboxylic acids is 1. The molecule has 1 amide bonds. The summed E-state index contributed by atoms with van der Waals surface area (Å²) in [5.74, 6) is -1.06. The van der Waals surface area contributed by atoms with Crippen molar-refractivity contribution in [1.82, 2.24) is 10.0 Å². The molecule has 0 radical (unpaired) electrons. The maximum atomic E-state index is 11.9. The lowest BCUT2D eigenvalue weighted by Crippen LogP contribution is -2.25. The van der Waals surface area contributed by atoms with Crippen molar-refractivity contribution < 1.29 is 23.1 Å². The van der Waals surface area contributed by atoms with Crippen LogP contribution in [0.4, 0.5) is 0 Å². The molecule has 0 aliphatic rings. The van der Waals surface area contributed by atoms with Gasteiger partial charge in [0.05, 0.1) is 10.5 Å². The maximum Gasteiger partial charge on any atom is 0.335 e. The van der Waals surface area contributed by atoms with Crippen molar-refractivity contribution in [3.63, 3.8) is 0 Å². The number of carboxylic acid groups (broad SMARTS) is 1. The van der Waals surface area contributed by atoms with E-state index < -0.39 is 16.0 Å². The third-order valence-electron chi connectivity index (χ3n) is 4.08. The maximum absolute atomic E-state index is 11.9. The Morgan fingerprint density at radius 1 is 0.926 bits per heavy atom. The van der Waals surface area contributed by atoms with Crippen LogP contribution in [0.1, 0.15) is 27.9 Å². The number of amides is 1. The molecule has 0 unspecified atom stereocenters. The molecule has 0 aromatic heterocycles. The lowest BCUT2D eigenvalue weighted by molar-refractivity contribution is -0.121. The summed E-state index contributed by atoms with van der Waals surface area (Å²) < 4.78 is 25.6. The molecule has 0 aliphatic carbocycles. The first-order chi connectivity index (χ1) is 12.8. The van der Waals surface area contributed by atoms with Crippen LogP contribution in [-0.4, -0.2) is 39.0 Å². The monoisotopic (exact) mass is 390 g/mol. The molecule has 2 aromatic carbocycles. The number of aryl methyl sites for hydroxylation is 1.